The molecule has 0 amide bonds. The van der Waals surface area contributed by atoms with Gasteiger partial charge in [0.1, 0.15) is 0 Å². The first-order valence-electron chi connectivity index (χ1n) is 7.31. The third-order valence-electron chi connectivity index (χ3n) is 4.50. The van der Waals surface area contributed by atoms with Gasteiger partial charge in [0.2, 0.25) is 0 Å². The van der Waals surface area contributed by atoms with Crippen molar-refractivity contribution in [2.75, 3.05) is 13.6 Å². The molecule has 1 nitrogen and oxygen atoms in total. The molecule has 1 heterocycles. The zero-order valence-electron chi connectivity index (χ0n) is 12.3. The third kappa shape index (κ3) is 2.83. The summed E-state index contributed by atoms with van der Waals surface area (Å²) in [4.78, 5) is 2.43. The lowest BCUT2D eigenvalue weighted by Crippen LogP contribution is -2.28. The van der Waals surface area contributed by atoms with Crippen molar-refractivity contribution in [3.63, 3.8) is 0 Å². The highest BCUT2D eigenvalue weighted by Crippen LogP contribution is 2.41. The van der Waals surface area contributed by atoms with Gasteiger partial charge in [-0.3, -0.25) is 4.90 Å². The summed E-state index contributed by atoms with van der Waals surface area (Å²) in [7, 11) is 2.20. The zero-order valence-corrected chi connectivity index (χ0v) is 13.8. The van der Waals surface area contributed by atoms with E-state index in [0.717, 1.165) is 13.0 Å². The van der Waals surface area contributed by atoms with Gasteiger partial charge < -0.3 is 0 Å². The summed E-state index contributed by atoms with van der Waals surface area (Å²) in [6.07, 6.45) is 1.01. The summed E-state index contributed by atoms with van der Waals surface area (Å²) in [6.45, 7) is 3.30. The standard InChI is InChI=1S/C18H19Cl2N/c1-12-15-11-17(20)16(19)10-14(15)8-9-21(2)18(12)13-6-4-3-5-7-13/h3-7,10-12,18H,8-9H2,1-2H3. The molecule has 0 bridgehead atoms. The minimum absolute atomic E-state index is 0.365. The quantitative estimate of drug-likeness (QED) is 0.687. The van der Waals surface area contributed by atoms with Gasteiger partial charge in [-0.2, -0.15) is 0 Å². The Morgan fingerprint density at radius 2 is 1.71 bits per heavy atom. The van der Waals surface area contributed by atoms with Crippen LogP contribution < -0.4 is 0 Å². The van der Waals surface area contributed by atoms with Gasteiger partial charge in [0.05, 0.1) is 10.0 Å². The molecule has 0 aromatic heterocycles. The maximum atomic E-state index is 6.25. The van der Waals surface area contributed by atoms with Crippen LogP contribution in [0.2, 0.25) is 10.0 Å². The van der Waals surface area contributed by atoms with Crippen molar-refractivity contribution >= 4 is 23.2 Å². The first-order valence-corrected chi connectivity index (χ1v) is 8.06. The first kappa shape index (κ1) is 14.9. The molecule has 2 aromatic carbocycles. The number of likely N-dealkylation sites (N-methyl/N-ethyl adjacent to an activating group) is 1. The van der Waals surface area contributed by atoms with E-state index in [0.29, 0.717) is 22.0 Å². The lowest BCUT2D eigenvalue weighted by molar-refractivity contribution is 0.229. The summed E-state index contributed by atoms with van der Waals surface area (Å²) in [5.74, 6) is 0.379. The Kier molecular flexibility index (Phi) is 4.26. The second-order valence-corrected chi connectivity index (χ2v) is 6.65. The number of hydrogen-bond acceptors (Lipinski definition) is 1. The second-order valence-electron chi connectivity index (χ2n) is 5.84. The lowest BCUT2D eigenvalue weighted by atomic mass is 9.86. The number of nitrogens with zero attached hydrogens (tertiary/aromatic N) is 1. The van der Waals surface area contributed by atoms with Crippen molar-refractivity contribution in [2.45, 2.75) is 25.3 Å². The molecule has 3 heteroatoms. The van der Waals surface area contributed by atoms with Gasteiger partial charge in [-0.05, 0) is 42.3 Å². The molecule has 0 saturated heterocycles. The van der Waals surface area contributed by atoms with Gasteiger partial charge in [0.15, 0.2) is 0 Å². The van der Waals surface area contributed by atoms with Crippen molar-refractivity contribution in [1.82, 2.24) is 4.90 Å². The van der Waals surface area contributed by atoms with E-state index in [9.17, 15) is 0 Å². The maximum absolute atomic E-state index is 6.25. The van der Waals surface area contributed by atoms with Crippen molar-refractivity contribution in [1.29, 1.82) is 0 Å². The lowest BCUT2D eigenvalue weighted by Gasteiger charge is -2.31. The van der Waals surface area contributed by atoms with Crippen molar-refractivity contribution in [2.24, 2.45) is 0 Å². The van der Waals surface area contributed by atoms with Crippen LogP contribution in [0.4, 0.5) is 0 Å². The fraction of sp³-hybridized carbons (Fsp3) is 0.333. The minimum Gasteiger partial charge on any atom is -0.298 e. The normalized spacial score (nSPS) is 22.7. The smallest absolute Gasteiger partial charge is 0.0595 e. The van der Waals surface area contributed by atoms with E-state index < -0.39 is 0 Å². The predicted octanol–water partition coefficient (Wildman–Crippen LogP) is 5.33. The van der Waals surface area contributed by atoms with Crippen LogP contribution in [-0.2, 0) is 6.42 Å². The monoisotopic (exact) mass is 319 g/mol. The van der Waals surface area contributed by atoms with E-state index in [2.05, 4.69) is 55.3 Å². The highest BCUT2D eigenvalue weighted by Gasteiger charge is 2.29. The molecule has 21 heavy (non-hydrogen) atoms. The Balaban J connectivity index is 2.08. The fourth-order valence-electron chi connectivity index (χ4n) is 3.42. The number of rotatable bonds is 1. The van der Waals surface area contributed by atoms with Crippen LogP contribution in [-0.4, -0.2) is 18.5 Å². The summed E-state index contributed by atoms with van der Waals surface area (Å²) in [5.41, 5.74) is 4.00. The summed E-state index contributed by atoms with van der Waals surface area (Å²) < 4.78 is 0. The van der Waals surface area contributed by atoms with E-state index in [1.165, 1.54) is 16.7 Å². The van der Waals surface area contributed by atoms with Crippen molar-refractivity contribution in [3.05, 3.63) is 69.2 Å². The van der Waals surface area contributed by atoms with E-state index >= 15 is 0 Å². The molecule has 3 rings (SSSR count). The molecule has 0 aliphatic carbocycles. The maximum Gasteiger partial charge on any atom is 0.0595 e. The van der Waals surface area contributed by atoms with E-state index in [1.807, 2.05) is 6.07 Å². The minimum atomic E-state index is 0.365. The van der Waals surface area contributed by atoms with Crippen LogP contribution in [0.25, 0.3) is 0 Å². The van der Waals surface area contributed by atoms with Crippen molar-refractivity contribution in [3.8, 4) is 0 Å². The predicted molar refractivity (Wildman–Crippen MR) is 90.4 cm³/mol. The summed E-state index contributed by atoms with van der Waals surface area (Å²) in [6, 6.07) is 15.2. The molecule has 2 atom stereocenters. The van der Waals surface area contributed by atoms with Gasteiger partial charge in [0, 0.05) is 18.5 Å². The third-order valence-corrected chi connectivity index (χ3v) is 5.22. The van der Waals surface area contributed by atoms with Gasteiger partial charge >= 0.3 is 0 Å². The first-order chi connectivity index (χ1) is 10.1. The Labute approximate surface area is 136 Å². The van der Waals surface area contributed by atoms with Gasteiger partial charge in [0.25, 0.3) is 0 Å². The molecule has 1 aliphatic heterocycles. The van der Waals surface area contributed by atoms with Gasteiger partial charge in [-0.25, -0.2) is 0 Å². The average molecular weight is 320 g/mol. The zero-order chi connectivity index (χ0) is 15.0. The molecule has 0 saturated carbocycles. The van der Waals surface area contributed by atoms with Crippen LogP contribution in [0, 0.1) is 0 Å². The molecule has 2 aromatic rings. The van der Waals surface area contributed by atoms with E-state index in [1.54, 1.807) is 0 Å². The highest BCUT2D eigenvalue weighted by molar-refractivity contribution is 6.42. The van der Waals surface area contributed by atoms with Gasteiger partial charge in [-0.15, -0.1) is 0 Å². The van der Waals surface area contributed by atoms with Gasteiger partial charge in [-0.1, -0.05) is 60.5 Å². The Morgan fingerprint density at radius 3 is 2.43 bits per heavy atom. The summed E-state index contributed by atoms with van der Waals surface area (Å²) in [5, 5.41) is 1.31. The molecular formula is C18H19Cl2N. The molecule has 0 radical (unpaired) electrons. The topological polar surface area (TPSA) is 3.24 Å². The van der Waals surface area contributed by atoms with E-state index in [4.69, 9.17) is 23.2 Å². The second kappa shape index (κ2) is 6.00. The highest BCUT2D eigenvalue weighted by atomic mass is 35.5. The van der Waals surface area contributed by atoms with Crippen LogP contribution >= 0.6 is 23.2 Å². The summed E-state index contributed by atoms with van der Waals surface area (Å²) >= 11 is 12.4. The fourth-order valence-corrected chi connectivity index (χ4v) is 3.78. The number of benzene rings is 2. The molecule has 110 valence electrons. The molecule has 1 aliphatic rings. The molecular weight excluding hydrogens is 301 g/mol. The SMILES string of the molecule is CC1c2cc(Cl)c(Cl)cc2CCN(C)C1c1ccccc1. The molecule has 0 spiro atoms. The molecule has 0 N–H and O–H groups in total. The number of hydrogen-bond donors (Lipinski definition) is 0. The van der Waals surface area contributed by atoms with E-state index in [-0.39, 0.29) is 0 Å². The largest absolute Gasteiger partial charge is 0.298 e. The Morgan fingerprint density at radius 1 is 1.05 bits per heavy atom. The Hall–Kier alpha value is -1.02. The molecule has 2 unspecified atom stereocenters. The van der Waals surface area contributed by atoms with Crippen LogP contribution in [0.3, 0.4) is 0 Å². The van der Waals surface area contributed by atoms with Crippen LogP contribution in [0.1, 0.15) is 35.6 Å². The number of halogens is 2. The van der Waals surface area contributed by atoms with Crippen LogP contribution in [0.5, 0.6) is 0 Å². The molecule has 0 fully saturated rings. The van der Waals surface area contributed by atoms with Crippen LogP contribution in [0.15, 0.2) is 42.5 Å². The average Bonchev–Trinajstić information content (AvgIpc) is 2.59. The van der Waals surface area contributed by atoms with Crippen molar-refractivity contribution < 1.29 is 0 Å². The Bertz CT molecular complexity index is 639. The number of fused-ring (bicyclic) bond motifs is 1.